The quantitative estimate of drug-likeness (QED) is 0.881. The van der Waals surface area contributed by atoms with Crippen LogP contribution in [-0.4, -0.2) is 15.7 Å². The van der Waals surface area contributed by atoms with Gasteiger partial charge in [-0.15, -0.1) is 0 Å². The van der Waals surface area contributed by atoms with Gasteiger partial charge >= 0.3 is 0 Å². The summed E-state index contributed by atoms with van der Waals surface area (Å²) in [6.45, 7) is 6.40. The number of carbonyl (C=O) groups is 1. The van der Waals surface area contributed by atoms with Gasteiger partial charge < -0.3 is 9.73 Å². The lowest BCUT2D eigenvalue weighted by molar-refractivity contribution is -0.124. The highest BCUT2D eigenvalue weighted by molar-refractivity contribution is 5.79. The summed E-state index contributed by atoms with van der Waals surface area (Å²) in [5.41, 5.74) is 2.11. The summed E-state index contributed by atoms with van der Waals surface area (Å²) in [6.07, 6.45) is 3.34. The van der Waals surface area contributed by atoms with Crippen LogP contribution in [0.15, 0.2) is 28.9 Å². The predicted molar refractivity (Wildman–Crippen MR) is 76.2 cm³/mol. The molecule has 108 valence electrons. The minimum atomic E-state index is -0.319. The Morgan fingerprint density at radius 1 is 1.45 bits per heavy atom. The number of hydrogen-bond donors (Lipinski definition) is 1. The molecule has 2 aromatic rings. The van der Waals surface area contributed by atoms with Crippen molar-refractivity contribution < 1.29 is 9.21 Å². The first-order chi connectivity index (χ1) is 9.65. The number of carbonyl (C=O) groups excluding carboxylic acids is 1. The molecule has 0 bridgehead atoms. The Morgan fingerprint density at radius 2 is 2.25 bits per heavy atom. The third kappa shape index (κ3) is 3.10. The van der Waals surface area contributed by atoms with E-state index in [-0.39, 0.29) is 11.9 Å². The standard InChI is InChI=1S/C15H21N3O2/c1-4-12-9-13(5-2)18(17-12)11(3)15(19)16-10-14-7-6-8-20-14/h6-9,11H,4-5,10H2,1-3H3,(H,16,19). The first-order valence-corrected chi connectivity index (χ1v) is 7.03. The molecule has 20 heavy (non-hydrogen) atoms. The molecule has 0 radical (unpaired) electrons. The summed E-state index contributed by atoms with van der Waals surface area (Å²) in [5, 5.41) is 7.37. The van der Waals surface area contributed by atoms with Gasteiger partial charge in [0.2, 0.25) is 5.91 Å². The van der Waals surface area contributed by atoms with Gasteiger partial charge in [-0.05, 0) is 38.0 Å². The maximum Gasteiger partial charge on any atom is 0.244 e. The van der Waals surface area contributed by atoms with Crippen molar-refractivity contribution in [3.05, 3.63) is 41.6 Å². The Kier molecular flexibility index (Phi) is 4.61. The summed E-state index contributed by atoms with van der Waals surface area (Å²) in [7, 11) is 0. The number of aryl methyl sites for hydroxylation is 2. The Bertz CT molecular complexity index is 558. The number of hydrogen-bond acceptors (Lipinski definition) is 3. The zero-order valence-electron chi connectivity index (χ0n) is 12.2. The van der Waals surface area contributed by atoms with Crippen LogP contribution < -0.4 is 5.32 Å². The van der Waals surface area contributed by atoms with Crippen molar-refractivity contribution in [2.75, 3.05) is 0 Å². The molecule has 0 aliphatic carbocycles. The number of rotatable bonds is 6. The van der Waals surface area contributed by atoms with Gasteiger partial charge in [0.05, 0.1) is 18.5 Å². The molecule has 0 aliphatic rings. The Balaban J connectivity index is 2.04. The van der Waals surface area contributed by atoms with Gasteiger partial charge in [0.25, 0.3) is 0 Å². The molecule has 0 saturated heterocycles. The van der Waals surface area contributed by atoms with E-state index in [1.165, 1.54) is 0 Å². The predicted octanol–water partition coefficient (Wildman–Crippen LogP) is 2.48. The number of amides is 1. The lowest BCUT2D eigenvalue weighted by Crippen LogP contribution is -2.31. The minimum Gasteiger partial charge on any atom is -0.467 e. The van der Waals surface area contributed by atoms with Crippen LogP contribution in [0, 0.1) is 0 Å². The van der Waals surface area contributed by atoms with E-state index in [9.17, 15) is 4.79 Å². The lowest BCUT2D eigenvalue weighted by atomic mass is 10.2. The van der Waals surface area contributed by atoms with E-state index in [1.54, 1.807) is 12.3 Å². The van der Waals surface area contributed by atoms with Crippen molar-refractivity contribution in [1.29, 1.82) is 0 Å². The highest BCUT2D eigenvalue weighted by atomic mass is 16.3. The topological polar surface area (TPSA) is 60.1 Å². The van der Waals surface area contributed by atoms with Crippen LogP contribution in [0.25, 0.3) is 0 Å². The van der Waals surface area contributed by atoms with Crippen LogP contribution >= 0.6 is 0 Å². The summed E-state index contributed by atoms with van der Waals surface area (Å²) in [4.78, 5) is 12.2. The largest absolute Gasteiger partial charge is 0.467 e. The molecule has 0 saturated carbocycles. The SMILES string of the molecule is CCc1cc(CC)n(C(C)C(=O)NCc2ccco2)n1. The molecule has 1 N–H and O–H groups in total. The second-order valence-corrected chi connectivity index (χ2v) is 4.75. The van der Waals surface area contributed by atoms with Gasteiger partial charge in [-0.2, -0.15) is 5.10 Å². The van der Waals surface area contributed by atoms with Crippen molar-refractivity contribution in [2.45, 2.75) is 46.2 Å². The fourth-order valence-electron chi connectivity index (χ4n) is 2.11. The molecular weight excluding hydrogens is 254 g/mol. The maximum absolute atomic E-state index is 12.2. The fraction of sp³-hybridized carbons (Fsp3) is 0.467. The Hall–Kier alpha value is -2.04. The fourth-order valence-corrected chi connectivity index (χ4v) is 2.11. The zero-order chi connectivity index (χ0) is 14.5. The summed E-state index contributed by atoms with van der Waals surface area (Å²) in [6, 6.07) is 5.39. The van der Waals surface area contributed by atoms with Gasteiger partial charge in [-0.1, -0.05) is 13.8 Å². The normalized spacial score (nSPS) is 12.3. The average molecular weight is 275 g/mol. The second-order valence-electron chi connectivity index (χ2n) is 4.75. The zero-order valence-corrected chi connectivity index (χ0v) is 12.2. The summed E-state index contributed by atoms with van der Waals surface area (Å²) < 4.78 is 7.01. The van der Waals surface area contributed by atoms with Gasteiger partial charge in [0, 0.05) is 5.69 Å². The molecule has 0 fully saturated rings. The molecule has 0 aliphatic heterocycles. The number of nitrogens with one attached hydrogen (secondary N) is 1. The van der Waals surface area contributed by atoms with E-state index in [4.69, 9.17) is 4.42 Å². The first kappa shape index (κ1) is 14.4. The third-order valence-electron chi connectivity index (χ3n) is 3.35. The van der Waals surface area contributed by atoms with Crippen LogP contribution in [0.2, 0.25) is 0 Å². The highest BCUT2D eigenvalue weighted by Crippen LogP contribution is 2.13. The van der Waals surface area contributed by atoms with E-state index in [2.05, 4.69) is 30.3 Å². The summed E-state index contributed by atoms with van der Waals surface area (Å²) in [5.74, 6) is 0.692. The molecule has 1 unspecified atom stereocenters. The van der Waals surface area contributed by atoms with Crippen molar-refractivity contribution in [1.82, 2.24) is 15.1 Å². The molecule has 0 aromatic carbocycles. The molecule has 1 atom stereocenters. The smallest absolute Gasteiger partial charge is 0.244 e. The van der Waals surface area contributed by atoms with E-state index >= 15 is 0 Å². The van der Waals surface area contributed by atoms with Gasteiger partial charge in [0.15, 0.2) is 0 Å². The van der Waals surface area contributed by atoms with Gasteiger partial charge in [-0.25, -0.2) is 0 Å². The molecule has 2 aromatic heterocycles. The Labute approximate surface area is 119 Å². The second kappa shape index (κ2) is 6.41. The monoisotopic (exact) mass is 275 g/mol. The number of aromatic nitrogens is 2. The highest BCUT2D eigenvalue weighted by Gasteiger charge is 2.19. The van der Waals surface area contributed by atoms with Crippen molar-refractivity contribution in [2.24, 2.45) is 0 Å². The molecule has 2 heterocycles. The van der Waals surface area contributed by atoms with Crippen molar-refractivity contribution >= 4 is 5.91 Å². The number of furan rings is 1. The van der Waals surface area contributed by atoms with Gasteiger partial charge in [0.1, 0.15) is 11.8 Å². The van der Waals surface area contributed by atoms with E-state index < -0.39 is 0 Å². The Morgan fingerprint density at radius 3 is 2.85 bits per heavy atom. The molecular formula is C15H21N3O2. The van der Waals surface area contributed by atoms with Gasteiger partial charge in [-0.3, -0.25) is 9.48 Å². The van der Waals surface area contributed by atoms with Crippen LogP contribution in [0.5, 0.6) is 0 Å². The van der Waals surface area contributed by atoms with Crippen molar-refractivity contribution in [3.63, 3.8) is 0 Å². The van der Waals surface area contributed by atoms with E-state index in [0.29, 0.717) is 6.54 Å². The van der Waals surface area contributed by atoms with E-state index in [0.717, 1.165) is 30.0 Å². The van der Waals surface area contributed by atoms with Crippen LogP contribution in [0.1, 0.15) is 44.0 Å². The maximum atomic E-state index is 12.2. The molecule has 0 spiro atoms. The van der Waals surface area contributed by atoms with Crippen LogP contribution in [0.3, 0.4) is 0 Å². The van der Waals surface area contributed by atoms with E-state index in [1.807, 2.05) is 17.7 Å². The van der Waals surface area contributed by atoms with Crippen molar-refractivity contribution in [3.8, 4) is 0 Å². The average Bonchev–Trinajstić information content (AvgIpc) is 3.12. The van der Waals surface area contributed by atoms with Crippen LogP contribution in [0.4, 0.5) is 0 Å². The van der Waals surface area contributed by atoms with Crippen LogP contribution in [-0.2, 0) is 24.2 Å². The molecule has 2 rings (SSSR count). The molecule has 5 heteroatoms. The minimum absolute atomic E-state index is 0.0538. The third-order valence-corrected chi connectivity index (χ3v) is 3.35. The summed E-state index contributed by atoms with van der Waals surface area (Å²) >= 11 is 0. The lowest BCUT2D eigenvalue weighted by Gasteiger charge is -2.14. The molecule has 5 nitrogen and oxygen atoms in total. The molecule has 1 amide bonds. The first-order valence-electron chi connectivity index (χ1n) is 7.03. The number of nitrogens with zero attached hydrogens (tertiary/aromatic N) is 2.